The normalized spacial score (nSPS) is 22.7. The standard InChI is InChI=1S/C15H24N2OS/c1-4-6-15(7-8-16-11-15)14(18)17(3)10-13-12(2)5-9-19-13/h5,9,16H,4,6-8,10-11H2,1-3H3. The molecule has 0 radical (unpaired) electrons. The predicted molar refractivity (Wildman–Crippen MR) is 80.4 cm³/mol. The third kappa shape index (κ3) is 3.00. The van der Waals surface area contributed by atoms with E-state index in [0.717, 1.165) is 38.9 Å². The lowest BCUT2D eigenvalue weighted by molar-refractivity contribution is -0.140. The van der Waals surface area contributed by atoms with E-state index in [2.05, 4.69) is 30.6 Å². The van der Waals surface area contributed by atoms with Crippen molar-refractivity contribution in [2.24, 2.45) is 5.41 Å². The molecular formula is C15H24N2OS. The average molecular weight is 280 g/mol. The number of carbonyl (C=O) groups excluding carboxylic acids is 1. The molecule has 0 bridgehead atoms. The SMILES string of the molecule is CCCC1(C(=O)N(C)Cc2sccc2C)CCNC1. The maximum atomic E-state index is 12.8. The lowest BCUT2D eigenvalue weighted by Gasteiger charge is -2.31. The molecule has 1 aromatic rings. The molecule has 1 aliphatic heterocycles. The molecule has 1 amide bonds. The summed E-state index contributed by atoms with van der Waals surface area (Å²) in [4.78, 5) is 16.0. The predicted octanol–water partition coefficient (Wildman–Crippen LogP) is 2.79. The summed E-state index contributed by atoms with van der Waals surface area (Å²) in [5, 5.41) is 5.46. The first kappa shape index (κ1) is 14.5. The quantitative estimate of drug-likeness (QED) is 0.899. The highest BCUT2D eigenvalue weighted by Crippen LogP contribution is 2.33. The Balaban J connectivity index is 2.07. The summed E-state index contributed by atoms with van der Waals surface area (Å²) in [6.45, 7) is 6.83. The second-order valence-electron chi connectivity index (χ2n) is 5.65. The molecule has 1 unspecified atom stereocenters. The lowest BCUT2D eigenvalue weighted by atomic mass is 9.81. The molecule has 1 N–H and O–H groups in total. The highest BCUT2D eigenvalue weighted by atomic mass is 32.1. The molecule has 2 heterocycles. The molecule has 106 valence electrons. The van der Waals surface area contributed by atoms with Gasteiger partial charge in [0.05, 0.1) is 12.0 Å². The van der Waals surface area contributed by atoms with E-state index in [0.29, 0.717) is 5.91 Å². The molecule has 1 saturated heterocycles. The minimum atomic E-state index is -0.158. The van der Waals surface area contributed by atoms with Gasteiger partial charge < -0.3 is 10.2 Å². The van der Waals surface area contributed by atoms with Gasteiger partial charge in [0.25, 0.3) is 0 Å². The van der Waals surface area contributed by atoms with Crippen LogP contribution in [-0.4, -0.2) is 30.9 Å². The van der Waals surface area contributed by atoms with Crippen molar-refractivity contribution in [2.75, 3.05) is 20.1 Å². The summed E-state index contributed by atoms with van der Waals surface area (Å²) in [6, 6.07) is 2.12. The van der Waals surface area contributed by atoms with Gasteiger partial charge in [-0.2, -0.15) is 0 Å². The van der Waals surface area contributed by atoms with Crippen LogP contribution in [0.5, 0.6) is 0 Å². The number of nitrogens with zero attached hydrogens (tertiary/aromatic N) is 1. The summed E-state index contributed by atoms with van der Waals surface area (Å²) in [6.07, 6.45) is 3.04. The van der Waals surface area contributed by atoms with Crippen LogP contribution in [0.25, 0.3) is 0 Å². The van der Waals surface area contributed by atoms with E-state index in [9.17, 15) is 4.79 Å². The minimum Gasteiger partial charge on any atom is -0.340 e. The lowest BCUT2D eigenvalue weighted by Crippen LogP contribution is -2.43. The van der Waals surface area contributed by atoms with Crippen molar-refractivity contribution in [2.45, 2.75) is 39.7 Å². The molecule has 2 rings (SSSR count). The first-order valence-corrected chi connectivity index (χ1v) is 7.96. The Hall–Kier alpha value is -0.870. The van der Waals surface area contributed by atoms with Crippen LogP contribution >= 0.6 is 11.3 Å². The van der Waals surface area contributed by atoms with Gasteiger partial charge in [0, 0.05) is 18.5 Å². The van der Waals surface area contributed by atoms with Crippen LogP contribution < -0.4 is 5.32 Å². The van der Waals surface area contributed by atoms with E-state index in [4.69, 9.17) is 0 Å². The van der Waals surface area contributed by atoms with E-state index in [1.165, 1.54) is 10.4 Å². The van der Waals surface area contributed by atoms with Crippen LogP contribution in [0.15, 0.2) is 11.4 Å². The van der Waals surface area contributed by atoms with Gasteiger partial charge in [0.2, 0.25) is 5.91 Å². The smallest absolute Gasteiger partial charge is 0.230 e. The Morgan fingerprint density at radius 2 is 2.37 bits per heavy atom. The van der Waals surface area contributed by atoms with Gasteiger partial charge in [0.15, 0.2) is 0 Å². The molecule has 0 spiro atoms. The number of thiophene rings is 1. The molecule has 4 heteroatoms. The molecule has 1 atom stereocenters. The molecule has 1 aliphatic rings. The zero-order valence-corrected chi connectivity index (χ0v) is 13.0. The third-order valence-electron chi connectivity index (χ3n) is 4.12. The van der Waals surface area contributed by atoms with Crippen molar-refractivity contribution in [3.8, 4) is 0 Å². The van der Waals surface area contributed by atoms with Gasteiger partial charge in [-0.1, -0.05) is 13.3 Å². The zero-order valence-electron chi connectivity index (χ0n) is 12.2. The van der Waals surface area contributed by atoms with Crippen LogP contribution in [0, 0.1) is 12.3 Å². The summed E-state index contributed by atoms with van der Waals surface area (Å²) < 4.78 is 0. The van der Waals surface area contributed by atoms with E-state index in [-0.39, 0.29) is 5.41 Å². The summed E-state index contributed by atoms with van der Waals surface area (Å²) >= 11 is 1.74. The molecule has 1 fully saturated rings. The van der Waals surface area contributed by atoms with Crippen molar-refractivity contribution in [3.05, 3.63) is 21.9 Å². The van der Waals surface area contributed by atoms with Crippen molar-refractivity contribution >= 4 is 17.2 Å². The maximum Gasteiger partial charge on any atom is 0.230 e. The number of nitrogens with one attached hydrogen (secondary N) is 1. The van der Waals surface area contributed by atoms with Gasteiger partial charge in [-0.05, 0) is 43.3 Å². The molecular weight excluding hydrogens is 256 g/mol. The van der Waals surface area contributed by atoms with Crippen molar-refractivity contribution in [1.82, 2.24) is 10.2 Å². The van der Waals surface area contributed by atoms with Gasteiger partial charge in [-0.25, -0.2) is 0 Å². The summed E-state index contributed by atoms with van der Waals surface area (Å²) in [5.74, 6) is 0.312. The first-order chi connectivity index (χ1) is 9.09. The number of hydrogen-bond donors (Lipinski definition) is 1. The first-order valence-electron chi connectivity index (χ1n) is 7.08. The topological polar surface area (TPSA) is 32.3 Å². The second kappa shape index (κ2) is 6.06. The van der Waals surface area contributed by atoms with Crippen LogP contribution in [0.3, 0.4) is 0 Å². The molecule has 1 aromatic heterocycles. The molecule has 0 aromatic carbocycles. The number of aryl methyl sites for hydroxylation is 1. The van der Waals surface area contributed by atoms with Gasteiger partial charge in [0.1, 0.15) is 0 Å². The Labute approximate surface area is 120 Å². The van der Waals surface area contributed by atoms with Gasteiger partial charge >= 0.3 is 0 Å². The monoisotopic (exact) mass is 280 g/mol. The average Bonchev–Trinajstić information content (AvgIpc) is 3.00. The third-order valence-corrected chi connectivity index (χ3v) is 5.13. The van der Waals surface area contributed by atoms with Crippen molar-refractivity contribution in [1.29, 1.82) is 0 Å². The van der Waals surface area contributed by atoms with E-state index in [1.807, 2.05) is 11.9 Å². The van der Waals surface area contributed by atoms with E-state index in [1.54, 1.807) is 11.3 Å². The van der Waals surface area contributed by atoms with Crippen LogP contribution in [0.2, 0.25) is 0 Å². The van der Waals surface area contributed by atoms with Crippen molar-refractivity contribution in [3.63, 3.8) is 0 Å². The fourth-order valence-corrected chi connectivity index (χ4v) is 3.94. The van der Waals surface area contributed by atoms with E-state index >= 15 is 0 Å². The molecule has 0 aliphatic carbocycles. The second-order valence-corrected chi connectivity index (χ2v) is 6.65. The fraction of sp³-hybridized carbons (Fsp3) is 0.667. The Morgan fingerprint density at radius 3 is 2.89 bits per heavy atom. The molecule has 19 heavy (non-hydrogen) atoms. The summed E-state index contributed by atoms with van der Waals surface area (Å²) in [7, 11) is 1.94. The Bertz CT molecular complexity index is 435. The van der Waals surface area contributed by atoms with Crippen LogP contribution in [0.1, 0.15) is 36.6 Å². The number of amides is 1. The highest BCUT2D eigenvalue weighted by molar-refractivity contribution is 7.10. The Morgan fingerprint density at radius 1 is 1.58 bits per heavy atom. The highest BCUT2D eigenvalue weighted by Gasteiger charge is 2.41. The Kier molecular flexibility index (Phi) is 4.63. The minimum absolute atomic E-state index is 0.158. The van der Waals surface area contributed by atoms with Crippen LogP contribution in [0.4, 0.5) is 0 Å². The van der Waals surface area contributed by atoms with Gasteiger partial charge in [-0.3, -0.25) is 4.79 Å². The number of carbonyl (C=O) groups is 1. The van der Waals surface area contributed by atoms with Crippen molar-refractivity contribution < 1.29 is 4.79 Å². The maximum absolute atomic E-state index is 12.8. The molecule has 3 nitrogen and oxygen atoms in total. The number of hydrogen-bond acceptors (Lipinski definition) is 3. The van der Waals surface area contributed by atoms with E-state index < -0.39 is 0 Å². The molecule has 0 saturated carbocycles. The van der Waals surface area contributed by atoms with Crippen LogP contribution in [-0.2, 0) is 11.3 Å². The zero-order chi connectivity index (χ0) is 13.9. The fourth-order valence-electron chi connectivity index (χ4n) is 2.98. The largest absolute Gasteiger partial charge is 0.340 e. The van der Waals surface area contributed by atoms with Gasteiger partial charge in [-0.15, -0.1) is 11.3 Å². The summed E-state index contributed by atoms with van der Waals surface area (Å²) in [5.41, 5.74) is 1.13. The number of rotatable bonds is 5.